The lowest BCUT2D eigenvalue weighted by Gasteiger charge is -2.23. The number of nitrogens with zero attached hydrogens (tertiary/aromatic N) is 2. The molecule has 3 nitrogen and oxygen atoms in total. The molecule has 0 aliphatic carbocycles. The average Bonchev–Trinajstić information content (AvgIpc) is 2.63. The summed E-state index contributed by atoms with van der Waals surface area (Å²) in [5.41, 5.74) is 0. The third-order valence-electron chi connectivity index (χ3n) is 2.80. The first-order valence-corrected chi connectivity index (χ1v) is 6.05. The molecule has 1 atom stereocenters. The zero-order chi connectivity index (χ0) is 9.80. The van der Waals surface area contributed by atoms with Crippen molar-refractivity contribution in [3.8, 4) is 0 Å². The summed E-state index contributed by atoms with van der Waals surface area (Å²) in [6, 6.07) is 0.707. The van der Waals surface area contributed by atoms with Gasteiger partial charge in [-0.15, -0.1) is 0 Å². The SMILES string of the molecule is Brc1nccn1CCC1CCCCN1. The van der Waals surface area contributed by atoms with Crippen molar-refractivity contribution in [2.75, 3.05) is 6.54 Å². The molecule has 1 aromatic heterocycles. The molecule has 1 aliphatic rings. The summed E-state index contributed by atoms with van der Waals surface area (Å²) >= 11 is 3.42. The van der Waals surface area contributed by atoms with Crippen LogP contribution in [0.15, 0.2) is 17.1 Å². The van der Waals surface area contributed by atoms with E-state index in [4.69, 9.17) is 0 Å². The van der Waals surface area contributed by atoms with Gasteiger partial charge < -0.3 is 9.88 Å². The summed E-state index contributed by atoms with van der Waals surface area (Å²) in [4.78, 5) is 4.14. The van der Waals surface area contributed by atoms with Gasteiger partial charge in [0.1, 0.15) is 0 Å². The summed E-state index contributed by atoms with van der Waals surface area (Å²) in [5, 5.41) is 3.55. The highest BCUT2D eigenvalue weighted by Gasteiger charge is 2.12. The van der Waals surface area contributed by atoms with Crippen molar-refractivity contribution < 1.29 is 0 Å². The molecule has 1 fully saturated rings. The second kappa shape index (κ2) is 4.94. The summed E-state index contributed by atoms with van der Waals surface area (Å²) in [6.07, 6.45) is 9.10. The molecule has 2 rings (SSSR count). The molecular weight excluding hydrogens is 242 g/mol. The maximum Gasteiger partial charge on any atom is 0.177 e. The van der Waals surface area contributed by atoms with Gasteiger partial charge >= 0.3 is 0 Å². The zero-order valence-corrected chi connectivity index (χ0v) is 9.83. The van der Waals surface area contributed by atoms with E-state index in [0.29, 0.717) is 6.04 Å². The second-order valence-corrected chi connectivity index (χ2v) is 4.53. The summed E-state index contributed by atoms with van der Waals surface area (Å²) in [6.45, 7) is 2.24. The van der Waals surface area contributed by atoms with E-state index in [1.165, 1.54) is 32.2 Å². The highest BCUT2D eigenvalue weighted by molar-refractivity contribution is 9.10. The summed E-state index contributed by atoms with van der Waals surface area (Å²) in [5.74, 6) is 0. The Morgan fingerprint density at radius 3 is 3.14 bits per heavy atom. The quantitative estimate of drug-likeness (QED) is 0.900. The van der Waals surface area contributed by atoms with E-state index in [1.54, 1.807) is 0 Å². The predicted octanol–water partition coefficient (Wildman–Crippen LogP) is 2.18. The highest BCUT2D eigenvalue weighted by atomic mass is 79.9. The molecular formula is C10H16BrN3. The van der Waals surface area contributed by atoms with Crippen LogP contribution in [0, 0.1) is 0 Å². The number of imidazole rings is 1. The lowest BCUT2D eigenvalue weighted by Crippen LogP contribution is -2.34. The molecule has 4 heteroatoms. The second-order valence-electron chi connectivity index (χ2n) is 3.83. The Balaban J connectivity index is 1.79. The molecule has 0 radical (unpaired) electrons. The monoisotopic (exact) mass is 257 g/mol. The summed E-state index contributed by atoms with van der Waals surface area (Å²) in [7, 11) is 0. The smallest absolute Gasteiger partial charge is 0.177 e. The number of aryl methyl sites for hydroxylation is 1. The molecule has 0 bridgehead atoms. The van der Waals surface area contributed by atoms with Crippen molar-refractivity contribution in [1.29, 1.82) is 0 Å². The Kier molecular flexibility index (Phi) is 3.59. The van der Waals surface area contributed by atoms with Crippen LogP contribution < -0.4 is 5.32 Å². The van der Waals surface area contributed by atoms with Crippen LogP contribution in [0.1, 0.15) is 25.7 Å². The van der Waals surface area contributed by atoms with E-state index >= 15 is 0 Å². The van der Waals surface area contributed by atoms with E-state index in [9.17, 15) is 0 Å². The van der Waals surface area contributed by atoms with Crippen molar-refractivity contribution in [3.05, 3.63) is 17.1 Å². The molecule has 1 saturated heterocycles. The van der Waals surface area contributed by atoms with E-state index in [0.717, 1.165) is 11.3 Å². The van der Waals surface area contributed by atoms with Crippen molar-refractivity contribution >= 4 is 15.9 Å². The fourth-order valence-electron chi connectivity index (χ4n) is 1.94. The number of halogens is 1. The van der Waals surface area contributed by atoms with Gasteiger partial charge in [-0.2, -0.15) is 0 Å². The normalized spacial score (nSPS) is 22.5. The average molecular weight is 258 g/mol. The van der Waals surface area contributed by atoms with E-state index < -0.39 is 0 Å². The van der Waals surface area contributed by atoms with Gasteiger partial charge in [-0.25, -0.2) is 4.98 Å². The van der Waals surface area contributed by atoms with Crippen molar-refractivity contribution in [2.24, 2.45) is 0 Å². The van der Waals surface area contributed by atoms with Crippen LogP contribution in [0.3, 0.4) is 0 Å². The van der Waals surface area contributed by atoms with E-state index in [1.807, 2.05) is 12.4 Å². The maximum atomic E-state index is 4.14. The Morgan fingerprint density at radius 2 is 2.50 bits per heavy atom. The molecule has 1 aromatic rings. The molecule has 0 aromatic carbocycles. The van der Waals surface area contributed by atoms with Crippen LogP contribution in [-0.2, 0) is 6.54 Å². The lowest BCUT2D eigenvalue weighted by molar-refractivity contribution is 0.365. The van der Waals surface area contributed by atoms with Crippen LogP contribution in [0.25, 0.3) is 0 Å². The molecule has 2 heterocycles. The number of hydrogen-bond donors (Lipinski definition) is 1. The molecule has 1 aliphatic heterocycles. The van der Waals surface area contributed by atoms with Crippen molar-refractivity contribution in [3.63, 3.8) is 0 Å². The molecule has 14 heavy (non-hydrogen) atoms. The summed E-state index contributed by atoms with van der Waals surface area (Å²) < 4.78 is 3.09. The zero-order valence-electron chi connectivity index (χ0n) is 8.25. The Morgan fingerprint density at radius 1 is 1.57 bits per heavy atom. The van der Waals surface area contributed by atoms with E-state index in [-0.39, 0.29) is 0 Å². The fraction of sp³-hybridized carbons (Fsp3) is 0.700. The predicted molar refractivity (Wildman–Crippen MR) is 60.2 cm³/mol. The minimum absolute atomic E-state index is 0.707. The third kappa shape index (κ3) is 2.58. The molecule has 1 N–H and O–H groups in total. The lowest BCUT2D eigenvalue weighted by atomic mass is 10.0. The first-order chi connectivity index (χ1) is 6.86. The molecule has 0 saturated carbocycles. The van der Waals surface area contributed by atoms with Gasteiger partial charge in [0.15, 0.2) is 4.73 Å². The Bertz CT molecular complexity index is 279. The highest BCUT2D eigenvalue weighted by Crippen LogP contribution is 2.13. The Hall–Kier alpha value is -0.350. The van der Waals surface area contributed by atoms with Gasteiger partial charge in [0.25, 0.3) is 0 Å². The standard InChI is InChI=1S/C10H16BrN3/c11-10-13-6-8-14(10)7-4-9-3-1-2-5-12-9/h6,8-9,12H,1-5,7H2. The number of aromatic nitrogens is 2. The van der Waals surface area contributed by atoms with E-state index in [2.05, 4.69) is 30.8 Å². The minimum Gasteiger partial charge on any atom is -0.326 e. The topological polar surface area (TPSA) is 29.9 Å². The van der Waals surface area contributed by atoms with Gasteiger partial charge in [-0.1, -0.05) is 6.42 Å². The van der Waals surface area contributed by atoms with Gasteiger partial charge in [0.2, 0.25) is 0 Å². The first kappa shape index (κ1) is 10.2. The van der Waals surface area contributed by atoms with Crippen LogP contribution in [0.2, 0.25) is 0 Å². The number of hydrogen-bond acceptors (Lipinski definition) is 2. The van der Waals surface area contributed by atoms with Gasteiger partial charge in [-0.05, 0) is 41.7 Å². The van der Waals surface area contributed by atoms with Gasteiger partial charge in [-0.3, -0.25) is 0 Å². The number of nitrogens with one attached hydrogen (secondary N) is 1. The van der Waals surface area contributed by atoms with Crippen molar-refractivity contribution in [1.82, 2.24) is 14.9 Å². The van der Waals surface area contributed by atoms with Crippen LogP contribution in [-0.4, -0.2) is 22.1 Å². The minimum atomic E-state index is 0.707. The third-order valence-corrected chi connectivity index (χ3v) is 3.46. The molecule has 0 spiro atoms. The van der Waals surface area contributed by atoms with Crippen LogP contribution >= 0.6 is 15.9 Å². The molecule has 1 unspecified atom stereocenters. The van der Waals surface area contributed by atoms with Crippen LogP contribution in [0.4, 0.5) is 0 Å². The van der Waals surface area contributed by atoms with Gasteiger partial charge in [0.05, 0.1) is 0 Å². The molecule has 0 amide bonds. The van der Waals surface area contributed by atoms with Gasteiger partial charge in [0, 0.05) is 25.0 Å². The van der Waals surface area contributed by atoms with Crippen LogP contribution in [0.5, 0.6) is 0 Å². The number of rotatable bonds is 3. The fourth-order valence-corrected chi connectivity index (χ4v) is 2.36. The molecule has 78 valence electrons. The largest absolute Gasteiger partial charge is 0.326 e. The number of piperidine rings is 1. The van der Waals surface area contributed by atoms with Crippen molar-refractivity contribution in [2.45, 2.75) is 38.3 Å². The first-order valence-electron chi connectivity index (χ1n) is 5.26. The Labute approximate surface area is 93.0 Å². The maximum absolute atomic E-state index is 4.14.